The van der Waals surface area contributed by atoms with E-state index in [0.717, 1.165) is 0 Å². The van der Waals surface area contributed by atoms with E-state index in [1.165, 1.54) is 13.3 Å². The highest BCUT2D eigenvalue weighted by atomic mass is 35.5. The third kappa shape index (κ3) is 3.82. The zero-order valence-corrected chi connectivity index (χ0v) is 13.7. The monoisotopic (exact) mass is 325 g/mol. The Morgan fingerprint density at radius 1 is 1.55 bits per heavy atom. The molecule has 1 fully saturated rings. The smallest absolute Gasteiger partial charge is 0.340 e. The Hall–Kier alpha value is -1.50. The lowest BCUT2D eigenvalue weighted by Gasteiger charge is -2.37. The van der Waals surface area contributed by atoms with Gasteiger partial charge < -0.3 is 9.47 Å². The molecule has 0 N–H and O–H groups in total. The van der Waals surface area contributed by atoms with Crippen LogP contribution in [0.3, 0.4) is 0 Å². The molecule has 120 valence electrons. The predicted molar refractivity (Wildman–Crippen MR) is 85.2 cm³/mol. The van der Waals surface area contributed by atoms with Gasteiger partial charge in [-0.15, -0.1) is 0 Å². The zero-order chi connectivity index (χ0) is 16.1. The van der Waals surface area contributed by atoms with Crippen LogP contribution in [0.4, 0.5) is 5.69 Å². The number of halogens is 1. The van der Waals surface area contributed by atoms with Crippen molar-refractivity contribution in [1.82, 2.24) is 9.88 Å². The molecule has 1 aromatic rings. The molecular weight excluding hydrogens is 306 g/mol. The molecule has 0 amide bonds. The number of methoxy groups -OCH3 is 1. The maximum Gasteiger partial charge on any atom is 0.340 e. The molecule has 1 saturated heterocycles. The highest BCUT2D eigenvalue weighted by Gasteiger charge is 2.24. The summed E-state index contributed by atoms with van der Waals surface area (Å²) in [5.41, 5.74) is 0.645. The number of nitrogens with zero attached hydrogens (tertiary/aromatic N) is 3. The number of pyridine rings is 1. The molecule has 2 atom stereocenters. The Morgan fingerprint density at radius 2 is 2.23 bits per heavy atom. The Bertz CT molecular complexity index is 555. The van der Waals surface area contributed by atoms with Crippen LogP contribution in [0.25, 0.3) is 0 Å². The predicted octanol–water partition coefficient (Wildman–Crippen LogP) is 2.33. The van der Waals surface area contributed by atoms with Gasteiger partial charge in [0.05, 0.1) is 25.9 Å². The van der Waals surface area contributed by atoms with Gasteiger partial charge in [-0.25, -0.2) is 9.78 Å². The third-order valence-corrected chi connectivity index (χ3v) is 3.92. The number of rotatable bonds is 4. The van der Waals surface area contributed by atoms with E-state index in [4.69, 9.17) is 21.1 Å². The van der Waals surface area contributed by atoms with Gasteiger partial charge in [-0.3, -0.25) is 9.89 Å². The molecule has 1 aliphatic rings. The van der Waals surface area contributed by atoms with Gasteiger partial charge in [-0.05, 0) is 19.9 Å². The molecule has 0 spiro atoms. The topological polar surface area (TPSA) is 64.0 Å². The van der Waals surface area contributed by atoms with Crippen LogP contribution in [0.1, 0.15) is 24.2 Å². The summed E-state index contributed by atoms with van der Waals surface area (Å²) in [6.07, 6.45) is 3.20. The molecule has 0 saturated carbocycles. The molecule has 2 heterocycles. The van der Waals surface area contributed by atoms with Crippen molar-refractivity contribution >= 4 is 29.5 Å². The highest BCUT2D eigenvalue weighted by molar-refractivity contribution is 6.32. The van der Waals surface area contributed by atoms with Crippen molar-refractivity contribution in [3.8, 4) is 0 Å². The standard InChI is InChI=1S/C15H20ClN3O3/c1-10-8-22-9-11(2)19(10)7-6-17-13-12(15(20)21-3)4-5-18-14(13)16/h4-6,10-11H,7-9H2,1-3H3/t10-,11+. The minimum atomic E-state index is -0.482. The molecule has 1 aliphatic heterocycles. The fraction of sp³-hybridized carbons (Fsp3) is 0.533. The fourth-order valence-corrected chi connectivity index (χ4v) is 2.65. The van der Waals surface area contributed by atoms with Gasteiger partial charge in [0, 0.05) is 31.0 Å². The Balaban J connectivity index is 2.14. The number of aromatic nitrogens is 1. The van der Waals surface area contributed by atoms with Crippen molar-refractivity contribution in [2.45, 2.75) is 25.9 Å². The molecule has 2 rings (SSSR count). The molecule has 1 aromatic heterocycles. The number of hydrogen-bond donors (Lipinski definition) is 0. The fourth-order valence-electron chi connectivity index (χ4n) is 2.45. The first-order valence-electron chi connectivity index (χ1n) is 7.13. The van der Waals surface area contributed by atoms with Crippen LogP contribution in [0.5, 0.6) is 0 Å². The minimum absolute atomic E-state index is 0.183. The maximum atomic E-state index is 11.7. The molecule has 0 bridgehead atoms. The van der Waals surface area contributed by atoms with Crippen LogP contribution in [0, 0.1) is 0 Å². The quantitative estimate of drug-likeness (QED) is 0.483. The Morgan fingerprint density at radius 3 is 2.86 bits per heavy atom. The summed E-state index contributed by atoms with van der Waals surface area (Å²) in [7, 11) is 1.32. The van der Waals surface area contributed by atoms with E-state index >= 15 is 0 Å². The lowest BCUT2D eigenvalue weighted by atomic mass is 10.2. The van der Waals surface area contributed by atoms with Crippen LogP contribution in [-0.2, 0) is 9.47 Å². The maximum absolute atomic E-state index is 11.7. The molecule has 0 radical (unpaired) electrons. The van der Waals surface area contributed by atoms with Gasteiger partial charge in [0.1, 0.15) is 5.69 Å². The van der Waals surface area contributed by atoms with Crippen molar-refractivity contribution < 1.29 is 14.3 Å². The van der Waals surface area contributed by atoms with Gasteiger partial charge in [0.2, 0.25) is 0 Å². The largest absolute Gasteiger partial charge is 0.465 e. The van der Waals surface area contributed by atoms with Crippen LogP contribution in [0.2, 0.25) is 5.15 Å². The van der Waals surface area contributed by atoms with E-state index in [0.29, 0.717) is 43.1 Å². The summed E-state index contributed by atoms with van der Waals surface area (Å²) < 4.78 is 10.2. The van der Waals surface area contributed by atoms with Gasteiger partial charge in [0.25, 0.3) is 0 Å². The number of morpholine rings is 1. The van der Waals surface area contributed by atoms with E-state index in [9.17, 15) is 4.79 Å². The number of carbonyl (C=O) groups is 1. The summed E-state index contributed by atoms with van der Waals surface area (Å²) in [5.74, 6) is -0.482. The van der Waals surface area contributed by atoms with Crippen LogP contribution >= 0.6 is 11.6 Å². The number of esters is 1. The highest BCUT2D eigenvalue weighted by Crippen LogP contribution is 2.27. The van der Waals surface area contributed by atoms with Crippen LogP contribution < -0.4 is 0 Å². The van der Waals surface area contributed by atoms with Crippen LogP contribution in [-0.4, -0.2) is 61.0 Å². The van der Waals surface area contributed by atoms with E-state index in [-0.39, 0.29) is 5.15 Å². The number of ether oxygens (including phenoxy) is 2. The first kappa shape index (κ1) is 16.9. The van der Waals surface area contributed by atoms with E-state index < -0.39 is 5.97 Å². The molecule has 7 heteroatoms. The van der Waals surface area contributed by atoms with Crippen molar-refractivity contribution in [1.29, 1.82) is 0 Å². The zero-order valence-electron chi connectivity index (χ0n) is 13.0. The molecule has 22 heavy (non-hydrogen) atoms. The van der Waals surface area contributed by atoms with Gasteiger partial charge in [-0.1, -0.05) is 11.6 Å². The Kier molecular flexibility index (Phi) is 5.88. The lowest BCUT2D eigenvalue weighted by molar-refractivity contribution is -0.0280. The average molecular weight is 326 g/mol. The average Bonchev–Trinajstić information content (AvgIpc) is 2.50. The molecule has 0 aromatic carbocycles. The van der Waals surface area contributed by atoms with Crippen LogP contribution in [0.15, 0.2) is 17.3 Å². The SMILES string of the molecule is COC(=O)c1ccnc(Cl)c1N=CCN1[C@H](C)COC[C@@H]1C. The summed E-state index contributed by atoms with van der Waals surface area (Å²) in [6.45, 7) is 6.29. The van der Waals surface area contributed by atoms with E-state index in [1.807, 2.05) is 0 Å². The number of hydrogen-bond acceptors (Lipinski definition) is 6. The first-order valence-corrected chi connectivity index (χ1v) is 7.51. The van der Waals surface area contributed by atoms with E-state index in [1.54, 1.807) is 12.3 Å². The molecule has 0 unspecified atom stereocenters. The summed E-state index contributed by atoms with van der Waals surface area (Å²) in [4.78, 5) is 22.3. The molecule has 0 aliphatic carbocycles. The van der Waals surface area contributed by atoms with Gasteiger partial charge in [-0.2, -0.15) is 0 Å². The van der Waals surface area contributed by atoms with Gasteiger partial charge >= 0.3 is 5.97 Å². The second-order valence-electron chi connectivity index (χ2n) is 5.23. The van der Waals surface area contributed by atoms with Gasteiger partial charge in [0.15, 0.2) is 5.15 Å². The van der Waals surface area contributed by atoms with E-state index in [2.05, 4.69) is 28.7 Å². The van der Waals surface area contributed by atoms with Crippen molar-refractivity contribution in [3.05, 3.63) is 23.0 Å². The second kappa shape index (κ2) is 7.67. The summed E-state index contributed by atoms with van der Waals surface area (Å²) in [5, 5.41) is 0.183. The second-order valence-corrected chi connectivity index (χ2v) is 5.59. The number of carbonyl (C=O) groups excluding carboxylic acids is 1. The number of aliphatic imine (C=N–C) groups is 1. The summed E-state index contributed by atoms with van der Waals surface area (Å²) >= 11 is 6.04. The summed E-state index contributed by atoms with van der Waals surface area (Å²) in [6, 6.07) is 2.18. The van der Waals surface area contributed by atoms with Crippen molar-refractivity contribution in [2.24, 2.45) is 4.99 Å². The van der Waals surface area contributed by atoms with Crippen molar-refractivity contribution in [2.75, 3.05) is 26.9 Å². The first-order chi connectivity index (χ1) is 10.5. The molecule has 6 nitrogen and oxygen atoms in total. The van der Waals surface area contributed by atoms with Crippen molar-refractivity contribution in [3.63, 3.8) is 0 Å². The minimum Gasteiger partial charge on any atom is -0.465 e. The Labute approximate surface area is 135 Å². The third-order valence-electron chi connectivity index (χ3n) is 3.65. The normalized spacial score (nSPS) is 22.9. The molecular formula is C15H20ClN3O3. The lowest BCUT2D eigenvalue weighted by Crippen LogP contribution is -2.50.